The maximum absolute atomic E-state index is 10.3. The molecular weight excluding hydrogens is 633 g/mol. The second-order valence-corrected chi connectivity index (χ2v) is 14.2. The monoisotopic (exact) mass is 715 g/mol. The first-order valence-electron chi connectivity index (χ1n) is 21.2. The van der Waals surface area contributed by atoms with Crippen molar-refractivity contribution >= 4 is 49.7 Å². The molecule has 0 aliphatic heterocycles. The molecule has 0 atom stereocenters. The van der Waals surface area contributed by atoms with Gasteiger partial charge in [-0.05, 0) is 77.0 Å². The normalized spacial score (nSPS) is 11.1. The third kappa shape index (κ3) is 57.3. The number of unbranched alkanes of at least 4 members (excludes halogenated alkanes) is 30. The van der Waals surface area contributed by atoms with Gasteiger partial charge in [-0.3, -0.25) is 0 Å². The average molecular weight is 715 g/mol. The summed E-state index contributed by atoms with van der Waals surface area (Å²) < 4.78 is 0. The van der Waals surface area contributed by atoms with Crippen LogP contribution in [0.5, 0.6) is 0 Å². The Labute approximate surface area is 336 Å². The first-order chi connectivity index (χ1) is 23.5. The molecule has 0 aromatic rings. The molecule has 4 nitrogen and oxygen atoms in total. The van der Waals surface area contributed by atoms with Gasteiger partial charge in [-0.25, -0.2) is 0 Å². The molecule has 0 bridgehead atoms. The quantitative estimate of drug-likeness (QED) is 0.0362. The van der Waals surface area contributed by atoms with E-state index in [-0.39, 0.29) is 50.6 Å². The van der Waals surface area contributed by atoms with Crippen LogP contribution in [-0.2, 0) is 9.59 Å². The summed E-state index contributed by atoms with van der Waals surface area (Å²) in [7, 11) is 0. The summed E-state index contributed by atoms with van der Waals surface area (Å²) in [6.45, 7) is 4.54. The van der Waals surface area contributed by atoms with Gasteiger partial charge in [0.05, 0.1) is 0 Å². The molecule has 0 saturated heterocycles. The van der Waals surface area contributed by atoms with Gasteiger partial charge >= 0.3 is 37.7 Å². The summed E-state index contributed by atoms with van der Waals surface area (Å²) >= 11 is 0. The van der Waals surface area contributed by atoms with Gasteiger partial charge in [-0.15, -0.1) is 0 Å². The van der Waals surface area contributed by atoms with E-state index in [0.29, 0.717) is 0 Å². The van der Waals surface area contributed by atoms with Crippen LogP contribution in [0.15, 0.2) is 24.3 Å². The van der Waals surface area contributed by atoms with Crippen LogP contribution in [-0.4, -0.2) is 49.7 Å². The topological polar surface area (TPSA) is 80.3 Å². The molecule has 0 fully saturated rings. The van der Waals surface area contributed by atoms with E-state index in [1.807, 2.05) is 0 Å². The number of carbonyl (C=O) groups is 2. The molecule has 5 heteroatoms. The predicted molar refractivity (Wildman–Crippen MR) is 212 cm³/mol. The molecule has 0 unspecified atom stereocenters. The van der Waals surface area contributed by atoms with Crippen molar-refractivity contribution in [1.29, 1.82) is 0 Å². The average Bonchev–Trinajstić information content (AvgIpc) is 3.07. The van der Waals surface area contributed by atoms with Crippen LogP contribution < -0.4 is 10.2 Å². The maximum atomic E-state index is 10.3. The van der Waals surface area contributed by atoms with Crippen molar-refractivity contribution in [1.82, 2.24) is 0 Å². The Balaban J connectivity index is -0.000000846. The van der Waals surface area contributed by atoms with E-state index < -0.39 is 11.9 Å². The van der Waals surface area contributed by atoms with Crippen LogP contribution in [0.4, 0.5) is 0 Å². The fraction of sp³-hybridized carbons (Fsp3) is 0.864. The first-order valence-corrected chi connectivity index (χ1v) is 21.2. The van der Waals surface area contributed by atoms with Crippen LogP contribution >= 0.6 is 0 Å². The number of carbonyl (C=O) groups excluding carboxylic acids is 2. The molecular formula is C44H82CaO4. The maximum Gasteiger partial charge on any atom is 2.00 e. The Kier molecular flexibility index (Phi) is 53.9. The molecule has 0 saturated carbocycles. The largest absolute Gasteiger partial charge is 2.00 e. The number of aliphatic carboxylic acids is 2. The van der Waals surface area contributed by atoms with Gasteiger partial charge < -0.3 is 19.8 Å². The van der Waals surface area contributed by atoms with Crippen molar-refractivity contribution in [3.8, 4) is 0 Å². The fourth-order valence-corrected chi connectivity index (χ4v) is 6.09. The molecule has 0 aliphatic rings. The number of carboxylic acid groups (broad SMARTS) is 2. The molecule has 0 aliphatic carbocycles. The summed E-state index contributed by atoms with van der Waals surface area (Å²) in [5.74, 6) is -1.81. The van der Waals surface area contributed by atoms with E-state index in [9.17, 15) is 19.8 Å². The van der Waals surface area contributed by atoms with E-state index in [4.69, 9.17) is 0 Å². The molecule has 49 heavy (non-hydrogen) atoms. The minimum absolute atomic E-state index is 0. The van der Waals surface area contributed by atoms with Gasteiger partial charge in [0, 0.05) is 11.9 Å². The predicted octanol–water partition coefficient (Wildman–Crippen LogP) is 12.3. The third-order valence-corrected chi connectivity index (χ3v) is 9.29. The summed E-state index contributed by atoms with van der Waals surface area (Å²) in [4.78, 5) is 20.5. The van der Waals surface area contributed by atoms with Crippen molar-refractivity contribution in [2.45, 2.75) is 245 Å². The van der Waals surface area contributed by atoms with Crippen LogP contribution in [0.25, 0.3) is 0 Å². The molecule has 0 radical (unpaired) electrons. The zero-order valence-electron chi connectivity index (χ0n) is 33.1. The summed E-state index contributed by atoms with van der Waals surface area (Å²) in [5.41, 5.74) is 0. The molecule has 284 valence electrons. The van der Waals surface area contributed by atoms with Gasteiger partial charge in [0.25, 0.3) is 0 Å². The first kappa shape index (κ1) is 53.0. The smallest absolute Gasteiger partial charge is 0.550 e. The van der Waals surface area contributed by atoms with E-state index >= 15 is 0 Å². The fourth-order valence-electron chi connectivity index (χ4n) is 6.09. The minimum atomic E-state index is -0.906. The molecule has 0 aromatic carbocycles. The van der Waals surface area contributed by atoms with Crippen LogP contribution in [0.3, 0.4) is 0 Å². The summed E-state index contributed by atoms with van der Waals surface area (Å²) in [6.07, 6.45) is 53.5. The van der Waals surface area contributed by atoms with Crippen molar-refractivity contribution in [2.75, 3.05) is 0 Å². The second kappa shape index (κ2) is 49.8. The van der Waals surface area contributed by atoms with Crippen LogP contribution in [0.1, 0.15) is 245 Å². The molecule has 0 spiro atoms. The van der Waals surface area contributed by atoms with E-state index in [1.54, 1.807) is 0 Å². The molecule has 0 heterocycles. The SMILES string of the molecule is CCCCCCCC/C=C\CCCCCCCCCCCC(=O)[O-].CCCCCCCC/C=C\CCCCCCCCCCCC(=O)[O-].[Ca+2]. The van der Waals surface area contributed by atoms with Gasteiger partial charge in [0.1, 0.15) is 0 Å². The Morgan fingerprint density at radius 3 is 0.714 bits per heavy atom. The number of carboxylic acids is 2. The summed E-state index contributed by atoms with van der Waals surface area (Å²) in [6, 6.07) is 0. The van der Waals surface area contributed by atoms with Gasteiger partial charge in [-0.1, -0.05) is 192 Å². The standard InChI is InChI=1S/2C22H42O2.Ca/c2*1-2-3-4-5-6-7-8-9-10-11-12-13-14-15-16-17-18-19-20-21-22(23)24;/h2*9-10H,2-8,11-21H2,1H3,(H,23,24);/q;;+2/p-2/b2*10-9-;. The third-order valence-electron chi connectivity index (χ3n) is 9.29. The molecule has 0 aromatic heterocycles. The van der Waals surface area contributed by atoms with E-state index in [1.165, 1.54) is 193 Å². The van der Waals surface area contributed by atoms with Crippen molar-refractivity contribution < 1.29 is 19.8 Å². The Bertz CT molecular complexity index is 632. The van der Waals surface area contributed by atoms with E-state index in [0.717, 1.165) is 25.7 Å². The number of hydrogen-bond donors (Lipinski definition) is 0. The molecule has 0 amide bonds. The minimum Gasteiger partial charge on any atom is -0.550 e. The van der Waals surface area contributed by atoms with Gasteiger partial charge in [0.15, 0.2) is 0 Å². The Hall–Kier alpha value is -0.320. The van der Waals surface area contributed by atoms with Crippen molar-refractivity contribution in [3.05, 3.63) is 24.3 Å². The summed E-state index contributed by atoms with van der Waals surface area (Å²) in [5, 5.41) is 20.5. The second-order valence-electron chi connectivity index (χ2n) is 14.2. The van der Waals surface area contributed by atoms with E-state index in [2.05, 4.69) is 38.2 Å². The van der Waals surface area contributed by atoms with Crippen LogP contribution in [0.2, 0.25) is 0 Å². The Morgan fingerprint density at radius 2 is 0.510 bits per heavy atom. The molecule has 0 rings (SSSR count). The van der Waals surface area contributed by atoms with Crippen LogP contribution in [0, 0.1) is 0 Å². The van der Waals surface area contributed by atoms with Gasteiger partial charge in [-0.2, -0.15) is 0 Å². The Morgan fingerprint density at radius 1 is 0.327 bits per heavy atom. The number of hydrogen-bond acceptors (Lipinski definition) is 4. The van der Waals surface area contributed by atoms with Crippen molar-refractivity contribution in [2.24, 2.45) is 0 Å². The zero-order chi connectivity index (χ0) is 35.4. The molecule has 0 N–H and O–H groups in total. The van der Waals surface area contributed by atoms with Crippen molar-refractivity contribution in [3.63, 3.8) is 0 Å². The number of rotatable bonds is 38. The number of allylic oxidation sites excluding steroid dienone is 4. The zero-order valence-corrected chi connectivity index (χ0v) is 35.3. The van der Waals surface area contributed by atoms with Gasteiger partial charge in [0.2, 0.25) is 0 Å².